The minimum Gasteiger partial charge on any atom is -0.368 e. The molecule has 1 aliphatic heterocycles. The van der Waals surface area contributed by atoms with Crippen molar-refractivity contribution < 1.29 is 22.5 Å². The standard InChI is InChI=1S/C18H15F3N6O2/c19-18(20,21)12-2-1-3-13(10-12)26-6-8-27(9-7-26)17(28)16-24-15(25-29-16)14-11-22-4-5-23-14/h1-5,10-11H,6-9H2. The number of halogens is 3. The lowest BCUT2D eigenvalue weighted by molar-refractivity contribution is -0.137. The number of amides is 1. The number of anilines is 1. The van der Waals surface area contributed by atoms with Crippen LogP contribution in [0.4, 0.5) is 18.9 Å². The molecule has 0 radical (unpaired) electrons. The first-order valence-electron chi connectivity index (χ1n) is 8.73. The van der Waals surface area contributed by atoms with Crippen LogP contribution in [0.3, 0.4) is 0 Å². The lowest BCUT2D eigenvalue weighted by Gasteiger charge is -2.35. The number of rotatable bonds is 3. The zero-order chi connectivity index (χ0) is 20.4. The van der Waals surface area contributed by atoms with Gasteiger partial charge in [-0.15, -0.1) is 0 Å². The summed E-state index contributed by atoms with van der Waals surface area (Å²) in [5.41, 5.74) is 0.148. The third-order valence-electron chi connectivity index (χ3n) is 4.51. The monoisotopic (exact) mass is 404 g/mol. The van der Waals surface area contributed by atoms with Gasteiger partial charge in [-0.05, 0) is 18.2 Å². The predicted octanol–water partition coefficient (Wildman–Crippen LogP) is 2.51. The van der Waals surface area contributed by atoms with Crippen molar-refractivity contribution in [3.05, 3.63) is 54.3 Å². The fourth-order valence-electron chi connectivity index (χ4n) is 3.01. The second-order valence-electron chi connectivity index (χ2n) is 6.34. The lowest BCUT2D eigenvalue weighted by atomic mass is 10.1. The molecule has 3 heterocycles. The van der Waals surface area contributed by atoms with Gasteiger partial charge in [-0.1, -0.05) is 11.2 Å². The molecule has 11 heteroatoms. The Hall–Kier alpha value is -3.50. The fourth-order valence-corrected chi connectivity index (χ4v) is 3.01. The average Bonchev–Trinajstić information content (AvgIpc) is 3.24. The zero-order valence-electron chi connectivity index (χ0n) is 15.0. The molecule has 4 rings (SSSR count). The second-order valence-corrected chi connectivity index (χ2v) is 6.34. The van der Waals surface area contributed by atoms with Crippen LogP contribution < -0.4 is 4.90 Å². The average molecular weight is 404 g/mol. The van der Waals surface area contributed by atoms with Gasteiger partial charge in [-0.3, -0.25) is 9.78 Å². The van der Waals surface area contributed by atoms with E-state index in [2.05, 4.69) is 20.1 Å². The molecule has 0 bridgehead atoms. The Morgan fingerprint density at radius 3 is 2.59 bits per heavy atom. The first-order valence-corrected chi connectivity index (χ1v) is 8.73. The Labute approximate surface area is 163 Å². The molecule has 0 atom stereocenters. The molecule has 0 aliphatic carbocycles. The summed E-state index contributed by atoms with van der Waals surface area (Å²) in [6, 6.07) is 5.15. The topological polar surface area (TPSA) is 88.2 Å². The van der Waals surface area contributed by atoms with E-state index in [1.165, 1.54) is 29.6 Å². The van der Waals surface area contributed by atoms with Crippen molar-refractivity contribution in [3.8, 4) is 11.5 Å². The van der Waals surface area contributed by atoms with E-state index < -0.39 is 17.6 Å². The molecule has 0 spiro atoms. The number of hydrogen-bond acceptors (Lipinski definition) is 7. The summed E-state index contributed by atoms with van der Waals surface area (Å²) in [5, 5.41) is 3.74. The highest BCUT2D eigenvalue weighted by molar-refractivity contribution is 5.90. The van der Waals surface area contributed by atoms with Crippen LogP contribution in [0, 0.1) is 0 Å². The molecular weight excluding hydrogens is 389 g/mol. The SMILES string of the molecule is O=C(c1nc(-c2cnccn2)no1)N1CCN(c2cccc(C(F)(F)F)c2)CC1. The van der Waals surface area contributed by atoms with E-state index in [1.54, 1.807) is 11.0 Å². The van der Waals surface area contributed by atoms with E-state index >= 15 is 0 Å². The molecule has 29 heavy (non-hydrogen) atoms. The maximum absolute atomic E-state index is 12.9. The van der Waals surface area contributed by atoms with E-state index in [-0.39, 0.29) is 11.7 Å². The Morgan fingerprint density at radius 1 is 1.10 bits per heavy atom. The molecular formula is C18H15F3N6O2. The summed E-state index contributed by atoms with van der Waals surface area (Å²) in [6.45, 7) is 1.41. The highest BCUT2D eigenvalue weighted by atomic mass is 19.4. The Morgan fingerprint density at radius 2 is 1.90 bits per heavy atom. The minimum atomic E-state index is -4.40. The van der Waals surface area contributed by atoms with Crippen LogP contribution >= 0.6 is 0 Å². The number of benzene rings is 1. The normalized spacial score (nSPS) is 14.9. The van der Waals surface area contributed by atoms with Crippen LogP contribution in [-0.4, -0.2) is 57.1 Å². The maximum atomic E-state index is 12.9. The first-order chi connectivity index (χ1) is 13.9. The summed E-state index contributed by atoms with van der Waals surface area (Å²) in [5.74, 6) is -0.446. The quantitative estimate of drug-likeness (QED) is 0.663. The summed E-state index contributed by atoms with van der Waals surface area (Å²) in [6.07, 6.45) is 0.0270. The molecule has 2 aromatic heterocycles. The van der Waals surface area contributed by atoms with E-state index in [1.807, 2.05) is 0 Å². The second kappa shape index (κ2) is 7.49. The van der Waals surface area contributed by atoms with Crippen molar-refractivity contribution in [2.45, 2.75) is 6.18 Å². The number of hydrogen-bond donors (Lipinski definition) is 0. The third kappa shape index (κ3) is 4.03. The van der Waals surface area contributed by atoms with Crippen LogP contribution in [0.2, 0.25) is 0 Å². The molecule has 1 aliphatic rings. The summed E-state index contributed by atoms with van der Waals surface area (Å²) >= 11 is 0. The molecule has 150 valence electrons. The molecule has 0 N–H and O–H groups in total. The maximum Gasteiger partial charge on any atom is 0.416 e. The number of aromatic nitrogens is 4. The van der Waals surface area contributed by atoms with Crippen molar-refractivity contribution in [2.75, 3.05) is 31.1 Å². The number of piperazine rings is 1. The summed E-state index contributed by atoms with van der Waals surface area (Å²) in [4.78, 5) is 27.9. The van der Waals surface area contributed by atoms with Gasteiger partial charge < -0.3 is 14.3 Å². The van der Waals surface area contributed by atoms with E-state index in [9.17, 15) is 18.0 Å². The number of carbonyl (C=O) groups is 1. The molecule has 1 aromatic carbocycles. The number of carbonyl (C=O) groups excluding carboxylic acids is 1. The molecule has 1 fully saturated rings. The highest BCUT2D eigenvalue weighted by Crippen LogP contribution is 2.32. The van der Waals surface area contributed by atoms with Crippen molar-refractivity contribution >= 4 is 11.6 Å². The van der Waals surface area contributed by atoms with Crippen molar-refractivity contribution in [1.82, 2.24) is 25.0 Å². The van der Waals surface area contributed by atoms with Crippen LogP contribution in [0.25, 0.3) is 11.5 Å². The van der Waals surface area contributed by atoms with Crippen molar-refractivity contribution in [3.63, 3.8) is 0 Å². The zero-order valence-corrected chi connectivity index (χ0v) is 15.0. The van der Waals surface area contributed by atoms with Crippen molar-refractivity contribution in [2.24, 2.45) is 0 Å². The van der Waals surface area contributed by atoms with Gasteiger partial charge in [0.25, 0.3) is 0 Å². The van der Waals surface area contributed by atoms with Gasteiger partial charge in [-0.25, -0.2) is 4.98 Å². The van der Waals surface area contributed by atoms with Gasteiger partial charge in [0.2, 0.25) is 5.82 Å². The summed E-state index contributed by atoms with van der Waals surface area (Å²) in [7, 11) is 0. The number of alkyl halides is 3. The molecule has 0 saturated carbocycles. The van der Waals surface area contributed by atoms with E-state index in [0.717, 1.165) is 12.1 Å². The van der Waals surface area contributed by atoms with Gasteiger partial charge >= 0.3 is 18.0 Å². The van der Waals surface area contributed by atoms with Crippen LogP contribution in [0.15, 0.2) is 47.4 Å². The first kappa shape index (κ1) is 18.8. The Bertz CT molecular complexity index is 1000. The van der Waals surface area contributed by atoms with Crippen LogP contribution in [0.5, 0.6) is 0 Å². The van der Waals surface area contributed by atoms with Crippen LogP contribution in [0.1, 0.15) is 16.2 Å². The Kier molecular flexibility index (Phi) is 4.87. The van der Waals surface area contributed by atoms with Gasteiger partial charge in [0.1, 0.15) is 5.69 Å². The molecule has 1 saturated heterocycles. The van der Waals surface area contributed by atoms with Gasteiger partial charge in [0, 0.05) is 44.3 Å². The summed E-state index contributed by atoms with van der Waals surface area (Å²) < 4.78 is 43.8. The molecule has 0 unspecified atom stereocenters. The smallest absolute Gasteiger partial charge is 0.368 e. The van der Waals surface area contributed by atoms with E-state index in [4.69, 9.17) is 4.52 Å². The molecule has 8 nitrogen and oxygen atoms in total. The third-order valence-corrected chi connectivity index (χ3v) is 4.51. The van der Waals surface area contributed by atoms with Crippen molar-refractivity contribution in [1.29, 1.82) is 0 Å². The fraction of sp³-hybridized carbons (Fsp3) is 0.278. The van der Waals surface area contributed by atoms with Gasteiger partial charge in [0.15, 0.2) is 0 Å². The lowest BCUT2D eigenvalue weighted by Crippen LogP contribution is -2.49. The highest BCUT2D eigenvalue weighted by Gasteiger charge is 2.32. The predicted molar refractivity (Wildman–Crippen MR) is 94.9 cm³/mol. The molecule has 3 aromatic rings. The largest absolute Gasteiger partial charge is 0.416 e. The van der Waals surface area contributed by atoms with Gasteiger partial charge in [-0.2, -0.15) is 18.2 Å². The molecule has 1 amide bonds. The van der Waals surface area contributed by atoms with Gasteiger partial charge in [0.05, 0.1) is 11.8 Å². The minimum absolute atomic E-state index is 0.157. The number of nitrogens with zero attached hydrogens (tertiary/aromatic N) is 6. The van der Waals surface area contributed by atoms with Crippen LogP contribution in [-0.2, 0) is 6.18 Å². The van der Waals surface area contributed by atoms with E-state index in [0.29, 0.717) is 37.6 Å². The Balaban J connectivity index is 1.41.